The Hall–Kier alpha value is -2.55. The van der Waals surface area contributed by atoms with Gasteiger partial charge in [-0.2, -0.15) is 0 Å². The van der Waals surface area contributed by atoms with Crippen LogP contribution in [0.3, 0.4) is 0 Å². The zero-order valence-electron chi connectivity index (χ0n) is 14.5. The molecule has 1 N–H and O–H groups in total. The third kappa shape index (κ3) is 5.21. The van der Waals surface area contributed by atoms with Crippen molar-refractivity contribution in [2.45, 2.75) is 32.1 Å². The van der Waals surface area contributed by atoms with Crippen molar-refractivity contribution >= 4 is 5.91 Å². The van der Waals surface area contributed by atoms with Crippen LogP contribution in [0, 0.1) is 0 Å². The highest BCUT2D eigenvalue weighted by atomic mass is 16.5. The van der Waals surface area contributed by atoms with E-state index in [0.717, 1.165) is 23.3 Å². The number of carbonyl (C=O) groups is 1. The zero-order valence-corrected chi connectivity index (χ0v) is 14.5. The highest BCUT2D eigenvalue weighted by molar-refractivity contribution is 5.78. The molecule has 0 aromatic heterocycles. The molecule has 0 aliphatic heterocycles. The van der Waals surface area contributed by atoms with E-state index in [2.05, 4.69) is 11.4 Å². The molecule has 3 nitrogen and oxygen atoms in total. The van der Waals surface area contributed by atoms with Crippen molar-refractivity contribution in [2.24, 2.45) is 0 Å². The standard InChI is InChI=1S/C22H25NO2/c24-22(23-16-15-18-9-3-1-4-10-18)17-25-21-14-8-7-13-20(21)19-11-5-2-6-12-19/h2,5-9,11-14H,1,3-4,10,15-17H2,(H,23,24). The summed E-state index contributed by atoms with van der Waals surface area (Å²) in [5.74, 6) is 0.665. The van der Waals surface area contributed by atoms with Crippen molar-refractivity contribution in [2.75, 3.05) is 13.2 Å². The summed E-state index contributed by atoms with van der Waals surface area (Å²) in [5, 5.41) is 2.95. The Morgan fingerprint density at radius 2 is 1.80 bits per heavy atom. The maximum absolute atomic E-state index is 12.1. The molecule has 0 fully saturated rings. The molecule has 0 saturated heterocycles. The number of allylic oxidation sites excluding steroid dienone is 1. The first-order valence-corrected chi connectivity index (χ1v) is 9.05. The fraction of sp³-hybridized carbons (Fsp3) is 0.318. The van der Waals surface area contributed by atoms with Gasteiger partial charge in [0.2, 0.25) is 0 Å². The quantitative estimate of drug-likeness (QED) is 0.742. The SMILES string of the molecule is O=C(COc1ccccc1-c1ccccc1)NCCC1=CCCCC1. The van der Waals surface area contributed by atoms with Crippen molar-refractivity contribution in [1.29, 1.82) is 0 Å². The van der Waals surface area contributed by atoms with Gasteiger partial charge in [-0.15, -0.1) is 0 Å². The maximum atomic E-state index is 12.1. The number of amides is 1. The van der Waals surface area contributed by atoms with E-state index in [1.54, 1.807) is 0 Å². The molecule has 0 unspecified atom stereocenters. The number of ether oxygens (including phenoxy) is 1. The third-order valence-electron chi connectivity index (χ3n) is 4.48. The van der Waals surface area contributed by atoms with Crippen molar-refractivity contribution in [1.82, 2.24) is 5.32 Å². The van der Waals surface area contributed by atoms with Gasteiger partial charge in [0.1, 0.15) is 5.75 Å². The van der Waals surface area contributed by atoms with Crippen molar-refractivity contribution in [3.05, 3.63) is 66.2 Å². The molecular formula is C22H25NO2. The summed E-state index contributed by atoms with van der Waals surface area (Å²) in [4.78, 5) is 12.1. The van der Waals surface area contributed by atoms with E-state index in [9.17, 15) is 4.79 Å². The highest BCUT2D eigenvalue weighted by Crippen LogP contribution is 2.29. The lowest BCUT2D eigenvalue weighted by Gasteiger charge is -2.14. The van der Waals surface area contributed by atoms with Gasteiger partial charge in [0.05, 0.1) is 0 Å². The summed E-state index contributed by atoms with van der Waals surface area (Å²) in [6.07, 6.45) is 8.21. The van der Waals surface area contributed by atoms with Gasteiger partial charge in [0, 0.05) is 12.1 Å². The molecule has 2 aromatic carbocycles. The van der Waals surface area contributed by atoms with Crippen molar-refractivity contribution in [3.8, 4) is 16.9 Å². The van der Waals surface area contributed by atoms with Crippen LogP contribution in [0.2, 0.25) is 0 Å². The number of rotatable bonds is 7. The van der Waals surface area contributed by atoms with Crippen LogP contribution in [0.1, 0.15) is 32.1 Å². The van der Waals surface area contributed by atoms with Gasteiger partial charge < -0.3 is 10.1 Å². The minimum Gasteiger partial charge on any atom is -0.483 e. The van der Waals surface area contributed by atoms with Gasteiger partial charge in [0.25, 0.3) is 5.91 Å². The lowest BCUT2D eigenvalue weighted by atomic mass is 9.97. The van der Waals surface area contributed by atoms with Crippen molar-refractivity contribution in [3.63, 3.8) is 0 Å². The molecule has 3 heteroatoms. The van der Waals surface area contributed by atoms with Crippen LogP contribution in [0.25, 0.3) is 11.1 Å². The zero-order chi connectivity index (χ0) is 17.3. The van der Waals surface area contributed by atoms with Gasteiger partial charge in [-0.05, 0) is 43.7 Å². The van der Waals surface area contributed by atoms with E-state index in [4.69, 9.17) is 4.74 Å². The van der Waals surface area contributed by atoms with E-state index < -0.39 is 0 Å². The fourth-order valence-electron chi connectivity index (χ4n) is 3.14. The van der Waals surface area contributed by atoms with Crippen LogP contribution in [-0.4, -0.2) is 19.1 Å². The Morgan fingerprint density at radius 1 is 1.00 bits per heavy atom. The molecule has 2 aromatic rings. The first-order valence-electron chi connectivity index (χ1n) is 9.05. The second-order valence-corrected chi connectivity index (χ2v) is 6.36. The summed E-state index contributed by atoms with van der Waals surface area (Å²) in [7, 11) is 0. The molecule has 1 amide bonds. The van der Waals surface area contributed by atoms with E-state index in [0.29, 0.717) is 6.54 Å². The van der Waals surface area contributed by atoms with Crippen LogP contribution >= 0.6 is 0 Å². The number of nitrogens with one attached hydrogen (secondary N) is 1. The van der Waals surface area contributed by atoms with Gasteiger partial charge in [-0.1, -0.05) is 60.2 Å². The first kappa shape index (κ1) is 17.3. The number of benzene rings is 2. The molecule has 3 rings (SSSR count). The van der Waals surface area contributed by atoms with E-state index >= 15 is 0 Å². The number of hydrogen-bond donors (Lipinski definition) is 1. The van der Waals surface area contributed by atoms with Crippen LogP contribution in [-0.2, 0) is 4.79 Å². The predicted octanol–water partition coefficient (Wildman–Crippen LogP) is 4.74. The average molecular weight is 335 g/mol. The Bertz CT molecular complexity index is 722. The number of hydrogen-bond acceptors (Lipinski definition) is 2. The maximum Gasteiger partial charge on any atom is 0.257 e. The number of para-hydroxylation sites is 1. The lowest BCUT2D eigenvalue weighted by Crippen LogP contribution is -2.30. The van der Waals surface area contributed by atoms with Crippen LogP contribution < -0.4 is 10.1 Å². The van der Waals surface area contributed by atoms with Gasteiger partial charge in [0.15, 0.2) is 6.61 Å². The molecule has 1 aliphatic carbocycles. The molecule has 0 saturated carbocycles. The van der Waals surface area contributed by atoms with E-state index in [1.807, 2.05) is 54.6 Å². The summed E-state index contributed by atoms with van der Waals surface area (Å²) in [5.41, 5.74) is 3.56. The molecule has 0 atom stereocenters. The molecule has 0 spiro atoms. The van der Waals surface area contributed by atoms with Gasteiger partial charge in [-0.3, -0.25) is 4.79 Å². The van der Waals surface area contributed by atoms with Gasteiger partial charge >= 0.3 is 0 Å². The minimum absolute atomic E-state index is 0.0445. The second-order valence-electron chi connectivity index (χ2n) is 6.36. The Balaban J connectivity index is 1.50. The first-order chi connectivity index (χ1) is 12.3. The third-order valence-corrected chi connectivity index (χ3v) is 4.48. The predicted molar refractivity (Wildman–Crippen MR) is 102 cm³/mol. The summed E-state index contributed by atoms with van der Waals surface area (Å²) >= 11 is 0. The smallest absolute Gasteiger partial charge is 0.257 e. The average Bonchev–Trinajstić information content (AvgIpc) is 2.68. The minimum atomic E-state index is -0.0701. The Kier molecular flexibility index (Phi) is 6.27. The van der Waals surface area contributed by atoms with Crippen molar-refractivity contribution < 1.29 is 9.53 Å². The molecule has 0 heterocycles. The molecular weight excluding hydrogens is 310 g/mol. The fourth-order valence-corrected chi connectivity index (χ4v) is 3.14. The lowest BCUT2D eigenvalue weighted by molar-refractivity contribution is -0.123. The van der Waals surface area contributed by atoms with E-state index in [1.165, 1.54) is 31.3 Å². The Labute approximate surface area is 149 Å². The summed E-state index contributed by atoms with van der Waals surface area (Å²) < 4.78 is 5.77. The van der Waals surface area contributed by atoms with E-state index in [-0.39, 0.29) is 12.5 Å². The second kappa shape index (κ2) is 9.07. The molecule has 130 valence electrons. The van der Waals surface area contributed by atoms with Crippen LogP contribution in [0.15, 0.2) is 66.2 Å². The highest BCUT2D eigenvalue weighted by Gasteiger charge is 2.09. The van der Waals surface area contributed by atoms with Gasteiger partial charge in [-0.25, -0.2) is 0 Å². The van der Waals surface area contributed by atoms with Crippen LogP contribution in [0.5, 0.6) is 5.75 Å². The summed E-state index contributed by atoms with van der Waals surface area (Å²) in [6.45, 7) is 0.733. The summed E-state index contributed by atoms with van der Waals surface area (Å²) in [6, 6.07) is 17.9. The van der Waals surface area contributed by atoms with Crippen LogP contribution in [0.4, 0.5) is 0 Å². The number of carbonyl (C=O) groups excluding carboxylic acids is 1. The monoisotopic (exact) mass is 335 g/mol. The molecule has 0 radical (unpaired) electrons. The molecule has 25 heavy (non-hydrogen) atoms. The normalized spacial score (nSPS) is 13.8. The topological polar surface area (TPSA) is 38.3 Å². The Morgan fingerprint density at radius 3 is 2.60 bits per heavy atom. The largest absolute Gasteiger partial charge is 0.483 e. The molecule has 1 aliphatic rings. The molecule has 0 bridgehead atoms.